The van der Waals surface area contributed by atoms with E-state index in [0.717, 1.165) is 56.3 Å². The van der Waals surface area contributed by atoms with E-state index in [0.29, 0.717) is 18.9 Å². The Bertz CT molecular complexity index is 1200. The van der Waals surface area contributed by atoms with E-state index < -0.39 is 6.36 Å². The first-order chi connectivity index (χ1) is 20.2. The third kappa shape index (κ3) is 8.76. The summed E-state index contributed by atoms with van der Waals surface area (Å²) in [6.45, 7) is 12.6. The van der Waals surface area contributed by atoms with Gasteiger partial charge in [0.15, 0.2) is 0 Å². The molecule has 3 unspecified atom stereocenters. The number of piperidine rings is 1. The van der Waals surface area contributed by atoms with Gasteiger partial charge in [-0.1, -0.05) is 70.2 Å². The van der Waals surface area contributed by atoms with Gasteiger partial charge < -0.3 is 14.5 Å². The standard InChI is InChI=1S/C35H47F3N2O3/c1-24-17-22-40(32(42)23-26-18-20-39(21-19-26)25(2)41)31(34(3,4)5)16-15-30(24)33(27-9-7-6-8-10-27)28-11-13-29(14-12-28)43-35(36,37)38/h6-14,24,26,30-31,33H,15-23H2,1-5H3/t24?,30?,31-,33?/m1/s1. The van der Waals surface area contributed by atoms with E-state index in [4.69, 9.17) is 0 Å². The third-order valence-corrected chi connectivity index (χ3v) is 9.61. The zero-order valence-electron chi connectivity index (χ0n) is 26.2. The molecule has 2 aromatic carbocycles. The molecule has 0 radical (unpaired) electrons. The van der Waals surface area contributed by atoms with Crippen LogP contribution in [0.5, 0.6) is 5.75 Å². The van der Waals surface area contributed by atoms with Crippen LogP contribution in [-0.4, -0.2) is 53.7 Å². The van der Waals surface area contributed by atoms with Crippen molar-refractivity contribution in [3.63, 3.8) is 0 Å². The lowest BCUT2D eigenvalue weighted by atomic mass is 9.69. The normalized spacial score (nSPS) is 23.3. The van der Waals surface area contributed by atoms with Crippen molar-refractivity contribution in [1.29, 1.82) is 0 Å². The topological polar surface area (TPSA) is 49.9 Å². The summed E-state index contributed by atoms with van der Waals surface area (Å²) >= 11 is 0. The van der Waals surface area contributed by atoms with Gasteiger partial charge in [-0.15, -0.1) is 13.2 Å². The van der Waals surface area contributed by atoms with E-state index in [1.54, 1.807) is 19.1 Å². The Morgan fingerprint density at radius 3 is 2.02 bits per heavy atom. The fraction of sp³-hybridized carbons (Fsp3) is 0.600. The molecular formula is C35H47F3N2O3. The Hall–Kier alpha value is -3.03. The molecule has 4 atom stereocenters. The summed E-state index contributed by atoms with van der Waals surface area (Å²) in [5.41, 5.74) is 1.99. The number of halogens is 3. The highest BCUT2D eigenvalue weighted by molar-refractivity contribution is 5.77. The maximum absolute atomic E-state index is 13.9. The van der Waals surface area contributed by atoms with E-state index in [-0.39, 0.29) is 46.8 Å². The van der Waals surface area contributed by atoms with Gasteiger partial charge in [0.1, 0.15) is 5.75 Å². The summed E-state index contributed by atoms with van der Waals surface area (Å²) < 4.78 is 42.6. The summed E-state index contributed by atoms with van der Waals surface area (Å²) in [5.74, 6) is 0.927. The first kappa shape index (κ1) is 32.9. The highest BCUT2D eigenvalue weighted by atomic mass is 19.4. The second-order valence-corrected chi connectivity index (χ2v) is 13.6. The molecular weight excluding hydrogens is 553 g/mol. The zero-order valence-corrected chi connectivity index (χ0v) is 26.2. The molecule has 236 valence electrons. The summed E-state index contributed by atoms with van der Waals surface area (Å²) in [6.07, 6.45) is 0.119. The summed E-state index contributed by atoms with van der Waals surface area (Å²) in [4.78, 5) is 29.6. The molecule has 43 heavy (non-hydrogen) atoms. The first-order valence-electron chi connectivity index (χ1n) is 15.7. The first-order valence-corrected chi connectivity index (χ1v) is 15.7. The number of hydrogen-bond donors (Lipinski definition) is 0. The van der Waals surface area contributed by atoms with Crippen molar-refractivity contribution in [3.8, 4) is 5.75 Å². The van der Waals surface area contributed by atoms with Crippen LogP contribution in [0.2, 0.25) is 0 Å². The van der Waals surface area contributed by atoms with E-state index in [1.807, 2.05) is 23.1 Å². The van der Waals surface area contributed by atoms with Crippen LogP contribution in [0.4, 0.5) is 13.2 Å². The fourth-order valence-electron chi connectivity index (χ4n) is 7.24. The second-order valence-electron chi connectivity index (χ2n) is 13.6. The molecule has 0 aliphatic carbocycles. The predicted molar refractivity (Wildman–Crippen MR) is 162 cm³/mol. The van der Waals surface area contributed by atoms with Gasteiger partial charge in [0.05, 0.1) is 0 Å². The monoisotopic (exact) mass is 600 g/mol. The molecule has 0 saturated carbocycles. The quantitative estimate of drug-likeness (QED) is 0.337. The molecule has 8 heteroatoms. The van der Waals surface area contributed by atoms with Crippen LogP contribution < -0.4 is 4.74 Å². The van der Waals surface area contributed by atoms with E-state index in [2.05, 4.69) is 49.5 Å². The SMILES string of the molecule is CC(=O)N1CCC(CC(=O)N2CCC(C)C(C(c3ccccc3)c3ccc(OC(F)(F)F)cc3)CC[C@@H]2C(C)(C)C)CC1. The molecule has 5 nitrogen and oxygen atoms in total. The number of rotatable bonds is 6. The average molecular weight is 601 g/mol. The Morgan fingerprint density at radius 1 is 0.860 bits per heavy atom. The Morgan fingerprint density at radius 2 is 1.47 bits per heavy atom. The summed E-state index contributed by atoms with van der Waals surface area (Å²) in [6, 6.07) is 16.6. The molecule has 2 heterocycles. The van der Waals surface area contributed by atoms with Crippen LogP contribution in [0.15, 0.2) is 54.6 Å². The van der Waals surface area contributed by atoms with Crippen molar-refractivity contribution in [3.05, 3.63) is 65.7 Å². The van der Waals surface area contributed by atoms with Gasteiger partial charge in [-0.05, 0) is 78.5 Å². The third-order valence-electron chi connectivity index (χ3n) is 9.61. The number of carbonyl (C=O) groups excluding carboxylic acids is 2. The van der Waals surface area contributed by atoms with Crippen molar-refractivity contribution in [1.82, 2.24) is 9.80 Å². The zero-order chi connectivity index (χ0) is 31.4. The van der Waals surface area contributed by atoms with Crippen molar-refractivity contribution in [2.45, 2.75) is 91.5 Å². The van der Waals surface area contributed by atoms with Crippen LogP contribution in [0.1, 0.15) is 90.2 Å². The van der Waals surface area contributed by atoms with Gasteiger partial charge in [0.25, 0.3) is 0 Å². The molecule has 0 bridgehead atoms. The Labute approximate surface area is 254 Å². The van der Waals surface area contributed by atoms with Gasteiger partial charge >= 0.3 is 6.36 Å². The Kier molecular flexibility index (Phi) is 10.5. The maximum atomic E-state index is 13.9. The molecule has 2 aliphatic heterocycles. The van der Waals surface area contributed by atoms with Crippen LogP contribution in [-0.2, 0) is 9.59 Å². The second kappa shape index (κ2) is 13.7. The van der Waals surface area contributed by atoms with Crippen molar-refractivity contribution in [2.24, 2.45) is 23.2 Å². The van der Waals surface area contributed by atoms with Gasteiger partial charge in [-0.3, -0.25) is 9.59 Å². The van der Waals surface area contributed by atoms with Crippen LogP contribution >= 0.6 is 0 Å². The molecule has 2 fully saturated rings. The number of carbonyl (C=O) groups is 2. The largest absolute Gasteiger partial charge is 0.573 e. The lowest BCUT2D eigenvalue weighted by Crippen LogP contribution is -2.50. The molecule has 2 amide bonds. The number of hydrogen-bond acceptors (Lipinski definition) is 3. The van der Waals surface area contributed by atoms with E-state index in [9.17, 15) is 22.8 Å². The smallest absolute Gasteiger partial charge is 0.406 e. The number of nitrogens with zero attached hydrogens (tertiary/aromatic N) is 2. The fourth-order valence-corrected chi connectivity index (χ4v) is 7.24. The number of alkyl halides is 3. The molecule has 0 N–H and O–H groups in total. The summed E-state index contributed by atoms with van der Waals surface area (Å²) in [7, 11) is 0. The van der Waals surface area contributed by atoms with Gasteiger partial charge in [-0.2, -0.15) is 0 Å². The maximum Gasteiger partial charge on any atom is 0.573 e. The minimum atomic E-state index is -4.73. The van der Waals surface area contributed by atoms with Crippen LogP contribution in [0, 0.1) is 23.2 Å². The highest BCUT2D eigenvalue weighted by Gasteiger charge is 2.39. The molecule has 2 aliphatic rings. The highest BCUT2D eigenvalue weighted by Crippen LogP contribution is 2.44. The molecule has 4 rings (SSSR count). The van der Waals surface area contributed by atoms with Gasteiger partial charge in [0.2, 0.25) is 11.8 Å². The van der Waals surface area contributed by atoms with Gasteiger partial charge in [0, 0.05) is 44.9 Å². The molecule has 0 aromatic heterocycles. The van der Waals surface area contributed by atoms with Crippen molar-refractivity contribution >= 4 is 11.8 Å². The van der Waals surface area contributed by atoms with E-state index >= 15 is 0 Å². The molecule has 0 spiro atoms. The predicted octanol–water partition coefficient (Wildman–Crippen LogP) is 8.05. The average Bonchev–Trinajstić information content (AvgIpc) is 2.92. The lowest BCUT2D eigenvalue weighted by molar-refractivity contribution is -0.274. The van der Waals surface area contributed by atoms with Crippen LogP contribution in [0.25, 0.3) is 0 Å². The van der Waals surface area contributed by atoms with E-state index in [1.165, 1.54) is 12.1 Å². The summed E-state index contributed by atoms with van der Waals surface area (Å²) in [5, 5.41) is 0. The Balaban J connectivity index is 1.55. The van der Waals surface area contributed by atoms with Gasteiger partial charge in [-0.25, -0.2) is 0 Å². The number of likely N-dealkylation sites (tertiary alicyclic amines) is 2. The van der Waals surface area contributed by atoms with Crippen molar-refractivity contribution < 1.29 is 27.5 Å². The molecule has 2 saturated heterocycles. The van der Waals surface area contributed by atoms with Crippen LogP contribution in [0.3, 0.4) is 0 Å². The minimum Gasteiger partial charge on any atom is -0.406 e. The number of amides is 2. The minimum absolute atomic E-state index is 0.00506. The lowest BCUT2D eigenvalue weighted by Gasteiger charge is -2.46. The number of benzene rings is 2. The number of ether oxygens (including phenoxy) is 1. The van der Waals surface area contributed by atoms with Crippen molar-refractivity contribution in [2.75, 3.05) is 19.6 Å². The molecule has 2 aromatic rings.